The SMILES string of the molecule is COc1ccc(-c2c(NS(=O)(=O)c3ccccc3)nn(CC#N)c2COCc2ccccc2)cc1F. The summed E-state index contributed by atoms with van der Waals surface area (Å²) in [7, 11) is -2.66. The fraction of sp³-hybridized carbons (Fsp3) is 0.154. The largest absolute Gasteiger partial charge is 0.494 e. The van der Waals surface area contributed by atoms with Gasteiger partial charge in [-0.2, -0.15) is 10.4 Å². The van der Waals surface area contributed by atoms with Gasteiger partial charge >= 0.3 is 0 Å². The molecular weight excluding hydrogens is 483 g/mol. The maximum atomic E-state index is 14.7. The predicted octanol–water partition coefficient (Wildman–Crippen LogP) is 4.74. The Morgan fingerprint density at radius 3 is 2.36 bits per heavy atom. The first-order valence-corrected chi connectivity index (χ1v) is 12.4. The molecule has 0 unspecified atom stereocenters. The van der Waals surface area contributed by atoms with E-state index >= 15 is 0 Å². The van der Waals surface area contributed by atoms with Crippen LogP contribution in [0.5, 0.6) is 5.75 Å². The highest BCUT2D eigenvalue weighted by Crippen LogP contribution is 2.35. The van der Waals surface area contributed by atoms with E-state index in [0.29, 0.717) is 16.8 Å². The summed E-state index contributed by atoms with van der Waals surface area (Å²) < 4.78 is 55.6. The molecule has 4 rings (SSSR count). The van der Waals surface area contributed by atoms with Crippen LogP contribution in [0.2, 0.25) is 0 Å². The van der Waals surface area contributed by atoms with Crippen molar-refractivity contribution in [3.63, 3.8) is 0 Å². The van der Waals surface area contributed by atoms with E-state index in [1.807, 2.05) is 36.4 Å². The Balaban J connectivity index is 1.78. The van der Waals surface area contributed by atoms with Gasteiger partial charge in [0.25, 0.3) is 10.0 Å². The summed E-state index contributed by atoms with van der Waals surface area (Å²) in [6, 6.07) is 23.6. The van der Waals surface area contributed by atoms with Gasteiger partial charge in [0.15, 0.2) is 17.4 Å². The fourth-order valence-corrected chi connectivity index (χ4v) is 4.69. The van der Waals surface area contributed by atoms with Crippen molar-refractivity contribution in [2.75, 3.05) is 11.8 Å². The van der Waals surface area contributed by atoms with Crippen molar-refractivity contribution in [3.05, 3.63) is 95.9 Å². The molecule has 1 N–H and O–H groups in total. The molecule has 1 heterocycles. The fourth-order valence-electron chi connectivity index (χ4n) is 3.66. The number of methoxy groups -OCH3 is 1. The third kappa shape index (κ3) is 5.54. The molecular formula is C26H23FN4O4S. The molecule has 0 fully saturated rings. The third-order valence-electron chi connectivity index (χ3n) is 5.35. The maximum Gasteiger partial charge on any atom is 0.263 e. The van der Waals surface area contributed by atoms with E-state index < -0.39 is 15.8 Å². The molecule has 3 aromatic carbocycles. The number of hydrogen-bond donors (Lipinski definition) is 1. The minimum atomic E-state index is -4.02. The lowest BCUT2D eigenvalue weighted by Crippen LogP contribution is -2.14. The number of nitriles is 1. The molecule has 0 radical (unpaired) electrons. The van der Waals surface area contributed by atoms with Crippen LogP contribution in [0.25, 0.3) is 11.1 Å². The van der Waals surface area contributed by atoms with Crippen LogP contribution in [0.15, 0.2) is 83.8 Å². The second kappa shape index (κ2) is 11.0. The van der Waals surface area contributed by atoms with Gasteiger partial charge in [-0.1, -0.05) is 54.6 Å². The Morgan fingerprint density at radius 2 is 1.72 bits per heavy atom. The average molecular weight is 507 g/mol. The lowest BCUT2D eigenvalue weighted by atomic mass is 10.0. The van der Waals surface area contributed by atoms with Gasteiger partial charge in [-0.15, -0.1) is 0 Å². The Hall–Kier alpha value is -4.20. The quantitative estimate of drug-likeness (QED) is 0.333. The van der Waals surface area contributed by atoms with E-state index in [0.717, 1.165) is 5.56 Å². The molecule has 8 nitrogen and oxygen atoms in total. The summed E-state index contributed by atoms with van der Waals surface area (Å²) in [5.41, 5.74) is 2.01. The van der Waals surface area contributed by atoms with E-state index in [1.165, 1.54) is 36.1 Å². The zero-order valence-electron chi connectivity index (χ0n) is 19.4. The molecule has 0 saturated carbocycles. The molecule has 0 amide bonds. The molecule has 0 bridgehead atoms. The van der Waals surface area contributed by atoms with Crippen LogP contribution < -0.4 is 9.46 Å². The molecule has 10 heteroatoms. The van der Waals surface area contributed by atoms with Crippen LogP contribution >= 0.6 is 0 Å². The summed E-state index contributed by atoms with van der Waals surface area (Å²) in [6.45, 7) is 0.114. The van der Waals surface area contributed by atoms with Gasteiger partial charge in [0.05, 0.1) is 42.5 Å². The molecule has 0 aliphatic rings. The summed E-state index contributed by atoms with van der Waals surface area (Å²) in [4.78, 5) is 0.0357. The first-order chi connectivity index (χ1) is 17.4. The number of hydrogen-bond acceptors (Lipinski definition) is 6. The number of aromatic nitrogens is 2. The van der Waals surface area contributed by atoms with Gasteiger partial charge < -0.3 is 9.47 Å². The third-order valence-corrected chi connectivity index (χ3v) is 6.71. The van der Waals surface area contributed by atoms with Gasteiger partial charge in [0, 0.05) is 0 Å². The molecule has 184 valence electrons. The second-order valence-corrected chi connectivity index (χ2v) is 9.41. The van der Waals surface area contributed by atoms with Crippen molar-refractivity contribution in [2.24, 2.45) is 0 Å². The topological polar surface area (TPSA) is 106 Å². The summed E-state index contributed by atoms with van der Waals surface area (Å²) in [6.07, 6.45) is 0. The van der Waals surface area contributed by atoms with Gasteiger partial charge in [-0.05, 0) is 35.4 Å². The smallest absolute Gasteiger partial charge is 0.263 e. The molecule has 0 atom stereocenters. The minimum Gasteiger partial charge on any atom is -0.494 e. The number of nitrogens with one attached hydrogen (secondary N) is 1. The Morgan fingerprint density at radius 1 is 1.03 bits per heavy atom. The van der Waals surface area contributed by atoms with Crippen molar-refractivity contribution in [3.8, 4) is 22.9 Å². The van der Waals surface area contributed by atoms with Crippen LogP contribution in [0, 0.1) is 17.1 Å². The van der Waals surface area contributed by atoms with Crippen LogP contribution in [0.4, 0.5) is 10.2 Å². The highest BCUT2D eigenvalue weighted by molar-refractivity contribution is 7.92. The zero-order valence-corrected chi connectivity index (χ0v) is 20.2. The first kappa shape index (κ1) is 24.9. The lowest BCUT2D eigenvalue weighted by Gasteiger charge is -2.12. The van der Waals surface area contributed by atoms with E-state index in [2.05, 4.69) is 9.82 Å². The van der Waals surface area contributed by atoms with Crippen LogP contribution in [-0.2, 0) is 34.5 Å². The van der Waals surface area contributed by atoms with Crippen molar-refractivity contribution < 1.29 is 22.3 Å². The highest BCUT2D eigenvalue weighted by Gasteiger charge is 2.25. The Bertz CT molecular complexity index is 1480. The Labute approximate surface area is 208 Å². The molecule has 0 aliphatic heterocycles. The highest BCUT2D eigenvalue weighted by atomic mass is 32.2. The number of sulfonamides is 1. The number of halogens is 1. The lowest BCUT2D eigenvalue weighted by molar-refractivity contribution is 0.102. The molecule has 0 saturated heterocycles. The van der Waals surface area contributed by atoms with Gasteiger partial charge in [0.2, 0.25) is 0 Å². The summed E-state index contributed by atoms with van der Waals surface area (Å²) in [5.74, 6) is -0.635. The summed E-state index contributed by atoms with van der Waals surface area (Å²) in [5, 5.41) is 13.7. The van der Waals surface area contributed by atoms with Crippen LogP contribution in [-0.4, -0.2) is 25.3 Å². The molecule has 0 spiro atoms. The van der Waals surface area contributed by atoms with Crippen LogP contribution in [0.3, 0.4) is 0 Å². The molecule has 1 aromatic heterocycles. The van der Waals surface area contributed by atoms with Crippen molar-refractivity contribution in [1.29, 1.82) is 5.26 Å². The van der Waals surface area contributed by atoms with E-state index in [4.69, 9.17) is 9.47 Å². The monoisotopic (exact) mass is 506 g/mol. The normalized spacial score (nSPS) is 11.1. The Kier molecular flexibility index (Phi) is 7.63. The van der Waals surface area contributed by atoms with Gasteiger partial charge in [0.1, 0.15) is 6.54 Å². The number of benzene rings is 3. The number of rotatable bonds is 10. The van der Waals surface area contributed by atoms with Crippen molar-refractivity contribution >= 4 is 15.8 Å². The van der Waals surface area contributed by atoms with E-state index in [1.54, 1.807) is 24.3 Å². The average Bonchev–Trinajstić information content (AvgIpc) is 3.21. The number of nitrogens with zero attached hydrogens (tertiary/aromatic N) is 3. The van der Waals surface area contributed by atoms with Gasteiger partial charge in [-0.3, -0.25) is 9.40 Å². The predicted molar refractivity (Wildman–Crippen MR) is 132 cm³/mol. The zero-order chi connectivity index (χ0) is 25.5. The molecule has 4 aromatic rings. The van der Waals surface area contributed by atoms with E-state index in [9.17, 15) is 18.1 Å². The molecule has 0 aliphatic carbocycles. The number of ether oxygens (including phenoxy) is 2. The van der Waals surface area contributed by atoms with Crippen LogP contribution in [0.1, 0.15) is 11.3 Å². The molecule has 36 heavy (non-hydrogen) atoms. The van der Waals surface area contributed by atoms with Crippen molar-refractivity contribution in [1.82, 2.24) is 9.78 Å². The first-order valence-electron chi connectivity index (χ1n) is 10.9. The minimum absolute atomic E-state index is 0.000377. The second-order valence-electron chi connectivity index (χ2n) is 7.73. The van der Waals surface area contributed by atoms with Gasteiger partial charge in [-0.25, -0.2) is 12.8 Å². The number of anilines is 1. The maximum absolute atomic E-state index is 14.7. The van der Waals surface area contributed by atoms with E-state index in [-0.39, 0.29) is 36.2 Å². The summed E-state index contributed by atoms with van der Waals surface area (Å²) >= 11 is 0. The van der Waals surface area contributed by atoms with Crippen molar-refractivity contribution in [2.45, 2.75) is 24.7 Å². The standard InChI is InChI=1S/C26H23FN4O4S/c1-34-24-13-12-20(16-22(24)27)25-23(18-35-17-19-8-4-2-5-9-19)31(15-14-28)29-26(25)30-36(32,33)21-10-6-3-7-11-21/h2-13,16H,15,17-18H2,1H3,(H,29,30).